The molecule has 0 amide bonds. The van der Waals surface area contributed by atoms with Gasteiger partial charge in [0.1, 0.15) is 6.33 Å². The van der Waals surface area contributed by atoms with Crippen molar-refractivity contribution in [2.24, 2.45) is 0 Å². The molecule has 0 bridgehead atoms. The molecule has 1 aromatic carbocycles. The van der Waals surface area contributed by atoms with Gasteiger partial charge in [0.05, 0.1) is 5.69 Å². The molecule has 0 aliphatic rings. The predicted octanol–water partition coefficient (Wildman–Crippen LogP) is 2.33. The zero-order chi connectivity index (χ0) is 11.9. The molecule has 88 valence electrons. The number of hydrogen-bond acceptors (Lipinski definition) is 3. The normalized spacial score (nSPS) is 10.4. The maximum Gasteiger partial charge on any atom is 0.115 e. The molecule has 2 aromatic rings. The number of nitrogens with zero attached hydrogens (tertiary/aromatic N) is 2. The van der Waals surface area contributed by atoms with Gasteiger partial charge in [0.2, 0.25) is 0 Å². The van der Waals surface area contributed by atoms with Crippen LogP contribution in [0.5, 0.6) is 0 Å². The fourth-order valence-electron chi connectivity index (χ4n) is 1.65. The molecule has 0 saturated carbocycles. The molecule has 1 N–H and O–H groups in total. The summed E-state index contributed by atoms with van der Waals surface area (Å²) in [5.74, 6) is 0. The van der Waals surface area contributed by atoms with Crippen LogP contribution in [0.1, 0.15) is 23.7 Å². The molecule has 2 rings (SSSR count). The molecule has 0 fully saturated rings. The quantitative estimate of drug-likeness (QED) is 0.852. The molecular weight excluding hydrogens is 210 g/mol. The summed E-state index contributed by atoms with van der Waals surface area (Å²) in [6, 6.07) is 10.6. The van der Waals surface area contributed by atoms with Crippen LogP contribution >= 0.6 is 0 Å². The second kappa shape index (κ2) is 6.11. The number of hydrogen-bond donors (Lipinski definition) is 1. The van der Waals surface area contributed by atoms with Gasteiger partial charge in [0, 0.05) is 19.3 Å². The predicted molar refractivity (Wildman–Crippen MR) is 68.4 cm³/mol. The highest BCUT2D eigenvalue weighted by atomic mass is 14.9. The van der Waals surface area contributed by atoms with Gasteiger partial charge in [-0.1, -0.05) is 31.2 Å². The summed E-state index contributed by atoms with van der Waals surface area (Å²) in [5, 5.41) is 3.37. The molecule has 3 nitrogen and oxygen atoms in total. The van der Waals surface area contributed by atoms with Crippen molar-refractivity contribution in [2.45, 2.75) is 26.4 Å². The first-order chi connectivity index (χ1) is 8.38. The smallest absolute Gasteiger partial charge is 0.115 e. The molecule has 3 heteroatoms. The lowest BCUT2D eigenvalue weighted by Gasteiger charge is -2.05. The molecule has 0 atom stereocenters. The van der Waals surface area contributed by atoms with Crippen LogP contribution in [0.3, 0.4) is 0 Å². The number of aromatic nitrogens is 2. The van der Waals surface area contributed by atoms with Crippen LogP contribution in [0, 0.1) is 0 Å². The third-order valence-electron chi connectivity index (χ3n) is 2.71. The Kier molecular flexibility index (Phi) is 4.22. The van der Waals surface area contributed by atoms with Crippen molar-refractivity contribution in [3.63, 3.8) is 0 Å². The van der Waals surface area contributed by atoms with Gasteiger partial charge in [-0.15, -0.1) is 0 Å². The zero-order valence-electron chi connectivity index (χ0n) is 10.1. The van der Waals surface area contributed by atoms with Crippen molar-refractivity contribution < 1.29 is 0 Å². The molecule has 0 aliphatic carbocycles. The van der Waals surface area contributed by atoms with Crippen molar-refractivity contribution in [3.8, 4) is 0 Å². The molecule has 0 unspecified atom stereocenters. The van der Waals surface area contributed by atoms with Crippen LogP contribution < -0.4 is 5.32 Å². The standard InChI is InChI=1S/C14H17N3/c1-2-12-3-5-13(6-4-12)9-16-10-14-7-8-15-11-17-14/h3-8,11,16H,2,9-10H2,1H3. The highest BCUT2D eigenvalue weighted by Crippen LogP contribution is 2.04. The zero-order valence-corrected chi connectivity index (χ0v) is 10.1. The average Bonchev–Trinajstić information content (AvgIpc) is 2.41. The summed E-state index contributed by atoms with van der Waals surface area (Å²) in [5.41, 5.74) is 3.70. The minimum absolute atomic E-state index is 0.776. The van der Waals surface area contributed by atoms with E-state index in [1.807, 2.05) is 6.07 Å². The van der Waals surface area contributed by atoms with E-state index >= 15 is 0 Å². The number of aryl methyl sites for hydroxylation is 1. The minimum Gasteiger partial charge on any atom is -0.307 e. The molecule has 0 radical (unpaired) electrons. The SMILES string of the molecule is CCc1ccc(CNCc2ccncn2)cc1. The molecule has 0 aliphatic heterocycles. The average molecular weight is 227 g/mol. The van der Waals surface area contributed by atoms with Gasteiger partial charge in [-0.2, -0.15) is 0 Å². The summed E-state index contributed by atoms with van der Waals surface area (Å²) in [4.78, 5) is 8.06. The Balaban J connectivity index is 1.82. The third kappa shape index (κ3) is 3.64. The van der Waals surface area contributed by atoms with E-state index in [1.165, 1.54) is 11.1 Å². The second-order valence-corrected chi connectivity index (χ2v) is 3.97. The fourth-order valence-corrected chi connectivity index (χ4v) is 1.65. The van der Waals surface area contributed by atoms with E-state index in [4.69, 9.17) is 0 Å². The van der Waals surface area contributed by atoms with Crippen molar-refractivity contribution >= 4 is 0 Å². The first-order valence-corrected chi connectivity index (χ1v) is 5.92. The second-order valence-electron chi connectivity index (χ2n) is 3.97. The van der Waals surface area contributed by atoms with Gasteiger partial charge in [0.15, 0.2) is 0 Å². The van der Waals surface area contributed by atoms with E-state index in [2.05, 4.69) is 46.5 Å². The highest BCUT2D eigenvalue weighted by molar-refractivity contribution is 5.22. The van der Waals surface area contributed by atoms with E-state index in [-0.39, 0.29) is 0 Å². The Hall–Kier alpha value is -1.74. The van der Waals surface area contributed by atoms with Crippen molar-refractivity contribution in [2.75, 3.05) is 0 Å². The Morgan fingerprint density at radius 3 is 2.41 bits per heavy atom. The summed E-state index contributed by atoms with van der Waals surface area (Å²) >= 11 is 0. The van der Waals surface area contributed by atoms with Gasteiger partial charge in [0.25, 0.3) is 0 Å². The molecule has 0 spiro atoms. The third-order valence-corrected chi connectivity index (χ3v) is 2.71. The lowest BCUT2D eigenvalue weighted by molar-refractivity contribution is 0.677. The summed E-state index contributed by atoms with van der Waals surface area (Å²) < 4.78 is 0. The number of nitrogens with one attached hydrogen (secondary N) is 1. The Labute approximate surface area is 102 Å². The van der Waals surface area contributed by atoms with E-state index in [0.29, 0.717) is 0 Å². The van der Waals surface area contributed by atoms with Gasteiger partial charge >= 0.3 is 0 Å². The van der Waals surface area contributed by atoms with Gasteiger partial charge in [-0.25, -0.2) is 9.97 Å². The summed E-state index contributed by atoms with van der Waals surface area (Å²) in [6.45, 7) is 3.81. The topological polar surface area (TPSA) is 37.8 Å². The van der Waals surface area contributed by atoms with E-state index in [0.717, 1.165) is 25.2 Å². The van der Waals surface area contributed by atoms with Gasteiger partial charge in [-0.3, -0.25) is 0 Å². The molecular formula is C14H17N3. The Morgan fingerprint density at radius 1 is 1.00 bits per heavy atom. The molecule has 0 saturated heterocycles. The largest absolute Gasteiger partial charge is 0.307 e. The first-order valence-electron chi connectivity index (χ1n) is 5.92. The fraction of sp³-hybridized carbons (Fsp3) is 0.286. The first kappa shape index (κ1) is 11.7. The van der Waals surface area contributed by atoms with Crippen LogP contribution in [-0.4, -0.2) is 9.97 Å². The Bertz CT molecular complexity index is 437. The Morgan fingerprint density at radius 2 is 1.76 bits per heavy atom. The molecule has 1 heterocycles. The highest BCUT2D eigenvalue weighted by Gasteiger charge is 1.95. The van der Waals surface area contributed by atoms with Crippen molar-refractivity contribution in [1.82, 2.24) is 15.3 Å². The summed E-state index contributed by atoms with van der Waals surface area (Å²) in [7, 11) is 0. The van der Waals surface area contributed by atoms with Crippen LogP contribution in [0.25, 0.3) is 0 Å². The van der Waals surface area contributed by atoms with Crippen molar-refractivity contribution in [3.05, 3.63) is 59.7 Å². The summed E-state index contributed by atoms with van der Waals surface area (Å²) in [6.07, 6.45) is 4.43. The maximum atomic E-state index is 4.16. The van der Waals surface area contributed by atoms with Crippen LogP contribution in [0.2, 0.25) is 0 Å². The number of rotatable bonds is 5. The lowest BCUT2D eigenvalue weighted by atomic mass is 10.1. The monoisotopic (exact) mass is 227 g/mol. The van der Waals surface area contributed by atoms with Gasteiger partial charge in [-0.05, 0) is 23.6 Å². The molecule has 17 heavy (non-hydrogen) atoms. The number of benzene rings is 1. The van der Waals surface area contributed by atoms with E-state index in [9.17, 15) is 0 Å². The van der Waals surface area contributed by atoms with Crippen LogP contribution in [0.15, 0.2) is 42.9 Å². The maximum absolute atomic E-state index is 4.16. The van der Waals surface area contributed by atoms with Gasteiger partial charge < -0.3 is 5.32 Å². The minimum atomic E-state index is 0.776. The van der Waals surface area contributed by atoms with Crippen molar-refractivity contribution in [1.29, 1.82) is 0 Å². The van der Waals surface area contributed by atoms with Crippen LogP contribution in [0.4, 0.5) is 0 Å². The molecule has 1 aromatic heterocycles. The van der Waals surface area contributed by atoms with Crippen LogP contribution in [-0.2, 0) is 19.5 Å². The lowest BCUT2D eigenvalue weighted by Crippen LogP contribution is -2.13. The van der Waals surface area contributed by atoms with E-state index in [1.54, 1.807) is 12.5 Å². The van der Waals surface area contributed by atoms with E-state index < -0.39 is 0 Å².